The molecule has 72 valence electrons. The van der Waals surface area contributed by atoms with Crippen LogP contribution < -0.4 is 11.1 Å². The van der Waals surface area contributed by atoms with Crippen LogP contribution in [-0.4, -0.2) is 18.8 Å². The molecule has 0 aliphatic heterocycles. The Morgan fingerprint density at radius 3 is 2.54 bits per heavy atom. The van der Waals surface area contributed by atoms with Crippen LogP contribution in [0.1, 0.15) is 6.92 Å². The van der Waals surface area contributed by atoms with Crippen LogP contribution in [0.4, 0.5) is 10.1 Å². The van der Waals surface area contributed by atoms with Crippen LogP contribution in [0, 0.1) is 0 Å². The Balaban J connectivity index is 2.44. The number of benzene rings is 1. The standard InChI is InChI=1S/C10H15FN2/c1-10(11,7-12)8-13-9-5-3-2-4-6-9/h2-6,13H,7-8,12H2,1H3. The number of hydrogen-bond donors (Lipinski definition) is 2. The van der Waals surface area contributed by atoms with Gasteiger partial charge in [-0.25, -0.2) is 4.39 Å². The predicted octanol–water partition coefficient (Wildman–Crippen LogP) is 1.79. The molecule has 13 heavy (non-hydrogen) atoms. The summed E-state index contributed by atoms with van der Waals surface area (Å²) in [5.74, 6) is 0. The predicted molar refractivity (Wildman–Crippen MR) is 53.5 cm³/mol. The van der Waals surface area contributed by atoms with Crippen molar-refractivity contribution < 1.29 is 4.39 Å². The number of halogens is 1. The molecular formula is C10H15FN2. The minimum absolute atomic E-state index is 0.0346. The molecule has 0 aromatic heterocycles. The number of para-hydroxylation sites is 1. The number of nitrogens with one attached hydrogen (secondary N) is 1. The third-order valence-electron chi connectivity index (χ3n) is 1.86. The molecule has 0 fully saturated rings. The second kappa shape index (κ2) is 4.23. The van der Waals surface area contributed by atoms with Crippen molar-refractivity contribution in [3.8, 4) is 0 Å². The molecule has 0 saturated heterocycles. The van der Waals surface area contributed by atoms with Gasteiger partial charge in [-0.2, -0.15) is 0 Å². The fourth-order valence-electron chi connectivity index (χ4n) is 0.915. The maximum absolute atomic E-state index is 13.3. The first-order valence-electron chi connectivity index (χ1n) is 4.32. The summed E-state index contributed by atoms with van der Waals surface area (Å²) in [6, 6.07) is 9.52. The third-order valence-corrected chi connectivity index (χ3v) is 1.86. The Hall–Kier alpha value is -1.09. The molecule has 1 atom stereocenters. The summed E-state index contributed by atoms with van der Waals surface area (Å²) >= 11 is 0. The Morgan fingerprint density at radius 2 is 2.00 bits per heavy atom. The minimum Gasteiger partial charge on any atom is -0.382 e. The van der Waals surface area contributed by atoms with Crippen molar-refractivity contribution in [2.75, 3.05) is 18.4 Å². The molecule has 2 nitrogen and oxygen atoms in total. The third kappa shape index (κ3) is 3.42. The smallest absolute Gasteiger partial charge is 0.137 e. The Kier molecular flexibility index (Phi) is 3.25. The average molecular weight is 182 g/mol. The number of alkyl halides is 1. The molecule has 0 saturated carbocycles. The van der Waals surface area contributed by atoms with E-state index in [9.17, 15) is 4.39 Å². The van der Waals surface area contributed by atoms with Gasteiger partial charge in [-0.1, -0.05) is 18.2 Å². The molecule has 3 heteroatoms. The Bertz CT molecular complexity index is 246. The fraction of sp³-hybridized carbons (Fsp3) is 0.400. The van der Waals surface area contributed by atoms with E-state index in [2.05, 4.69) is 5.32 Å². The summed E-state index contributed by atoms with van der Waals surface area (Å²) in [4.78, 5) is 0. The number of rotatable bonds is 4. The van der Waals surface area contributed by atoms with Crippen LogP contribution >= 0.6 is 0 Å². The van der Waals surface area contributed by atoms with Gasteiger partial charge in [-0.3, -0.25) is 0 Å². The first kappa shape index (κ1) is 9.99. The van der Waals surface area contributed by atoms with Gasteiger partial charge in [0.15, 0.2) is 0 Å². The number of anilines is 1. The van der Waals surface area contributed by atoms with Crippen molar-refractivity contribution >= 4 is 5.69 Å². The second-order valence-corrected chi connectivity index (χ2v) is 3.34. The maximum atomic E-state index is 13.3. The zero-order valence-corrected chi connectivity index (χ0v) is 7.76. The highest BCUT2D eigenvalue weighted by Crippen LogP contribution is 2.11. The first-order chi connectivity index (χ1) is 6.14. The fourth-order valence-corrected chi connectivity index (χ4v) is 0.915. The van der Waals surface area contributed by atoms with Gasteiger partial charge in [0.25, 0.3) is 0 Å². The lowest BCUT2D eigenvalue weighted by molar-refractivity contribution is 0.217. The SMILES string of the molecule is CC(F)(CN)CNc1ccccc1. The molecule has 0 bridgehead atoms. The van der Waals surface area contributed by atoms with E-state index in [4.69, 9.17) is 5.73 Å². The molecule has 1 aromatic carbocycles. The van der Waals surface area contributed by atoms with E-state index in [1.54, 1.807) is 0 Å². The van der Waals surface area contributed by atoms with Crippen molar-refractivity contribution in [1.29, 1.82) is 0 Å². The van der Waals surface area contributed by atoms with Crippen LogP contribution in [0.15, 0.2) is 30.3 Å². The van der Waals surface area contributed by atoms with Crippen molar-refractivity contribution in [1.82, 2.24) is 0 Å². The largest absolute Gasteiger partial charge is 0.382 e. The van der Waals surface area contributed by atoms with Gasteiger partial charge in [-0.05, 0) is 19.1 Å². The highest BCUT2D eigenvalue weighted by Gasteiger charge is 2.19. The van der Waals surface area contributed by atoms with Gasteiger partial charge in [0.1, 0.15) is 5.67 Å². The summed E-state index contributed by atoms with van der Waals surface area (Å²) in [6.07, 6.45) is 0. The summed E-state index contributed by atoms with van der Waals surface area (Å²) in [5, 5.41) is 2.98. The maximum Gasteiger partial charge on any atom is 0.137 e. The summed E-state index contributed by atoms with van der Waals surface area (Å²) in [6.45, 7) is 1.77. The van der Waals surface area contributed by atoms with E-state index >= 15 is 0 Å². The molecule has 1 rings (SSSR count). The van der Waals surface area contributed by atoms with Crippen LogP contribution in [0.5, 0.6) is 0 Å². The van der Waals surface area contributed by atoms with Gasteiger partial charge in [0.2, 0.25) is 0 Å². The van der Waals surface area contributed by atoms with E-state index in [1.165, 1.54) is 6.92 Å². The summed E-state index contributed by atoms with van der Waals surface area (Å²) in [5.41, 5.74) is 4.83. The highest BCUT2D eigenvalue weighted by atomic mass is 19.1. The molecule has 0 spiro atoms. The zero-order valence-electron chi connectivity index (χ0n) is 7.76. The van der Waals surface area contributed by atoms with Crippen LogP contribution in [0.3, 0.4) is 0 Å². The molecule has 1 unspecified atom stereocenters. The van der Waals surface area contributed by atoms with Gasteiger partial charge in [0, 0.05) is 18.8 Å². The lowest BCUT2D eigenvalue weighted by atomic mass is 10.1. The first-order valence-corrected chi connectivity index (χ1v) is 4.32. The average Bonchev–Trinajstić information content (AvgIpc) is 2.17. The second-order valence-electron chi connectivity index (χ2n) is 3.34. The topological polar surface area (TPSA) is 38.0 Å². The molecular weight excluding hydrogens is 167 g/mol. The normalized spacial score (nSPS) is 15.0. The Morgan fingerprint density at radius 1 is 1.38 bits per heavy atom. The van der Waals surface area contributed by atoms with Crippen molar-refractivity contribution in [2.24, 2.45) is 5.73 Å². The van der Waals surface area contributed by atoms with Gasteiger partial charge in [-0.15, -0.1) is 0 Å². The van der Waals surface area contributed by atoms with Crippen molar-refractivity contribution in [3.63, 3.8) is 0 Å². The van der Waals surface area contributed by atoms with Crippen LogP contribution in [0.2, 0.25) is 0 Å². The monoisotopic (exact) mass is 182 g/mol. The number of hydrogen-bond acceptors (Lipinski definition) is 2. The highest BCUT2D eigenvalue weighted by molar-refractivity contribution is 5.42. The van der Waals surface area contributed by atoms with Crippen molar-refractivity contribution in [2.45, 2.75) is 12.6 Å². The molecule has 0 heterocycles. The molecule has 0 aliphatic rings. The van der Waals surface area contributed by atoms with Gasteiger partial charge >= 0.3 is 0 Å². The molecule has 0 amide bonds. The lowest BCUT2D eigenvalue weighted by Gasteiger charge is -2.19. The zero-order chi connectivity index (χ0) is 9.73. The van der Waals surface area contributed by atoms with E-state index < -0.39 is 5.67 Å². The summed E-state index contributed by atoms with van der Waals surface area (Å²) < 4.78 is 13.3. The molecule has 0 radical (unpaired) electrons. The quantitative estimate of drug-likeness (QED) is 0.745. The number of nitrogens with two attached hydrogens (primary N) is 1. The molecule has 1 aromatic rings. The minimum atomic E-state index is -1.34. The van der Waals surface area contributed by atoms with Crippen molar-refractivity contribution in [3.05, 3.63) is 30.3 Å². The van der Waals surface area contributed by atoms with E-state index in [1.807, 2.05) is 30.3 Å². The van der Waals surface area contributed by atoms with Gasteiger partial charge in [0.05, 0.1) is 0 Å². The molecule has 0 aliphatic carbocycles. The van der Waals surface area contributed by atoms with Gasteiger partial charge < -0.3 is 11.1 Å². The van der Waals surface area contributed by atoms with E-state index in [-0.39, 0.29) is 13.1 Å². The van der Waals surface area contributed by atoms with E-state index in [0.29, 0.717) is 0 Å². The van der Waals surface area contributed by atoms with Crippen LogP contribution in [-0.2, 0) is 0 Å². The lowest BCUT2D eigenvalue weighted by Crippen LogP contribution is -2.36. The van der Waals surface area contributed by atoms with Crippen LogP contribution in [0.25, 0.3) is 0 Å². The Labute approximate surface area is 77.9 Å². The molecule has 3 N–H and O–H groups in total. The summed E-state index contributed by atoms with van der Waals surface area (Å²) in [7, 11) is 0. The van der Waals surface area contributed by atoms with E-state index in [0.717, 1.165) is 5.69 Å².